The zero-order valence-corrected chi connectivity index (χ0v) is 11.4. The maximum atomic E-state index is 11.6. The van der Waals surface area contributed by atoms with Crippen LogP contribution in [-0.4, -0.2) is 51.4 Å². The molecule has 0 aromatic heterocycles. The number of nitrogens with zero attached hydrogens (tertiary/aromatic N) is 1. The van der Waals surface area contributed by atoms with Crippen molar-refractivity contribution in [3.63, 3.8) is 0 Å². The summed E-state index contributed by atoms with van der Waals surface area (Å²) in [6.45, 7) is 1.80. The van der Waals surface area contributed by atoms with E-state index in [2.05, 4.69) is 5.32 Å². The van der Waals surface area contributed by atoms with E-state index in [1.165, 1.54) is 10.6 Å². The Morgan fingerprint density at radius 2 is 2.18 bits per heavy atom. The summed E-state index contributed by atoms with van der Waals surface area (Å²) in [5, 5.41) is 2.94. The largest absolute Gasteiger partial charge is 0.319 e. The minimum Gasteiger partial charge on any atom is -0.319 e. The van der Waals surface area contributed by atoms with E-state index >= 15 is 0 Å². The Morgan fingerprint density at radius 3 is 2.76 bits per heavy atom. The Bertz CT molecular complexity index is 354. The monoisotopic (exact) mass is 262 g/mol. The summed E-state index contributed by atoms with van der Waals surface area (Å²) in [7, 11) is -1.28. The van der Waals surface area contributed by atoms with Gasteiger partial charge in [-0.05, 0) is 25.8 Å². The van der Waals surface area contributed by atoms with Gasteiger partial charge in [0, 0.05) is 32.5 Å². The lowest BCUT2D eigenvalue weighted by Crippen LogP contribution is -2.39. The Labute approximate surface area is 104 Å². The first-order chi connectivity index (χ1) is 7.93. The number of rotatable bonds is 6. The fraction of sp³-hybridized carbons (Fsp3) is 0.909. The van der Waals surface area contributed by atoms with Crippen molar-refractivity contribution in [1.82, 2.24) is 9.62 Å². The average Bonchev–Trinajstić information content (AvgIpc) is 2.25. The first-order valence-corrected chi connectivity index (χ1v) is 7.89. The van der Waals surface area contributed by atoms with Crippen LogP contribution in [0, 0.1) is 5.92 Å². The predicted octanol–water partition coefficient (Wildman–Crippen LogP) is 0.227. The molecule has 0 aromatic rings. The molecule has 1 rings (SSSR count). The molecule has 6 heteroatoms. The van der Waals surface area contributed by atoms with Crippen LogP contribution in [0.25, 0.3) is 0 Å². The van der Waals surface area contributed by atoms with Gasteiger partial charge in [-0.2, -0.15) is 0 Å². The topological polar surface area (TPSA) is 66.5 Å². The van der Waals surface area contributed by atoms with Crippen molar-refractivity contribution in [2.45, 2.75) is 25.7 Å². The summed E-state index contributed by atoms with van der Waals surface area (Å²) in [5.41, 5.74) is 0. The van der Waals surface area contributed by atoms with Crippen molar-refractivity contribution in [2.24, 2.45) is 5.92 Å². The molecule has 1 heterocycles. The molecule has 5 nitrogen and oxygen atoms in total. The van der Waals surface area contributed by atoms with E-state index in [-0.39, 0.29) is 11.7 Å². The maximum absolute atomic E-state index is 11.6. The second-order valence-electron chi connectivity index (χ2n) is 4.73. The van der Waals surface area contributed by atoms with Gasteiger partial charge >= 0.3 is 0 Å². The third kappa shape index (κ3) is 5.14. The van der Waals surface area contributed by atoms with E-state index in [9.17, 15) is 13.2 Å². The average molecular weight is 262 g/mol. The Balaban J connectivity index is 2.42. The fourth-order valence-corrected chi connectivity index (χ4v) is 3.13. The van der Waals surface area contributed by atoms with Gasteiger partial charge in [-0.25, -0.2) is 12.7 Å². The van der Waals surface area contributed by atoms with E-state index in [0.717, 1.165) is 12.8 Å². The third-order valence-electron chi connectivity index (χ3n) is 3.12. The number of piperidine rings is 1. The zero-order valence-electron chi connectivity index (χ0n) is 10.6. The molecule has 1 atom stereocenters. The van der Waals surface area contributed by atoms with Crippen LogP contribution in [0.4, 0.5) is 0 Å². The van der Waals surface area contributed by atoms with Crippen LogP contribution in [0.15, 0.2) is 0 Å². The van der Waals surface area contributed by atoms with Gasteiger partial charge < -0.3 is 5.32 Å². The number of nitrogens with one attached hydrogen (secondary N) is 1. The SMILES string of the molecule is CNCCC(=O)CC1CCCN(S(C)(=O)=O)C1. The van der Waals surface area contributed by atoms with Crippen molar-refractivity contribution in [3.8, 4) is 0 Å². The molecular formula is C11H22N2O3S. The summed E-state index contributed by atoms with van der Waals surface area (Å²) in [6, 6.07) is 0. The first-order valence-electron chi connectivity index (χ1n) is 6.05. The van der Waals surface area contributed by atoms with Gasteiger partial charge in [0.05, 0.1) is 6.26 Å². The van der Waals surface area contributed by atoms with Crippen LogP contribution in [0.1, 0.15) is 25.7 Å². The smallest absolute Gasteiger partial charge is 0.211 e. The summed E-state index contributed by atoms with van der Waals surface area (Å²) in [6.07, 6.45) is 4.09. The molecule has 1 saturated heterocycles. The summed E-state index contributed by atoms with van der Waals surface area (Å²) >= 11 is 0. The molecule has 0 radical (unpaired) electrons. The van der Waals surface area contributed by atoms with Crippen LogP contribution in [-0.2, 0) is 14.8 Å². The van der Waals surface area contributed by atoms with E-state index in [1.807, 2.05) is 7.05 Å². The molecule has 1 aliphatic rings. The van der Waals surface area contributed by atoms with E-state index in [1.54, 1.807) is 0 Å². The molecule has 17 heavy (non-hydrogen) atoms. The van der Waals surface area contributed by atoms with Gasteiger partial charge in [-0.15, -0.1) is 0 Å². The zero-order chi connectivity index (χ0) is 12.9. The molecule has 100 valence electrons. The lowest BCUT2D eigenvalue weighted by molar-refractivity contribution is -0.120. The minimum absolute atomic E-state index is 0.197. The molecule has 0 amide bonds. The summed E-state index contributed by atoms with van der Waals surface area (Å²) in [4.78, 5) is 11.6. The van der Waals surface area contributed by atoms with Crippen molar-refractivity contribution >= 4 is 15.8 Å². The van der Waals surface area contributed by atoms with Gasteiger partial charge in [0.2, 0.25) is 10.0 Å². The highest BCUT2D eigenvalue weighted by molar-refractivity contribution is 7.88. The third-order valence-corrected chi connectivity index (χ3v) is 4.39. The van der Waals surface area contributed by atoms with Crippen LogP contribution in [0.2, 0.25) is 0 Å². The molecule has 1 unspecified atom stereocenters. The van der Waals surface area contributed by atoms with Gasteiger partial charge in [-0.1, -0.05) is 0 Å². The van der Waals surface area contributed by atoms with Crippen LogP contribution in [0.3, 0.4) is 0 Å². The molecule has 0 aromatic carbocycles. The Morgan fingerprint density at radius 1 is 1.47 bits per heavy atom. The second-order valence-corrected chi connectivity index (χ2v) is 6.71. The number of Topliss-reactive ketones (excluding diaryl/α,β-unsaturated/α-hetero) is 1. The first kappa shape index (κ1) is 14.6. The summed E-state index contributed by atoms with van der Waals surface area (Å²) < 4.78 is 24.3. The molecule has 1 fully saturated rings. The number of carbonyl (C=O) groups is 1. The van der Waals surface area contributed by atoms with Gasteiger partial charge in [0.25, 0.3) is 0 Å². The number of hydrogen-bond donors (Lipinski definition) is 1. The standard InChI is InChI=1S/C11H22N2O3S/c1-12-6-5-11(14)8-10-4-3-7-13(9-10)17(2,15)16/h10,12H,3-9H2,1-2H3. The minimum atomic E-state index is -3.10. The lowest BCUT2D eigenvalue weighted by atomic mass is 9.93. The molecule has 1 aliphatic heterocycles. The Hall–Kier alpha value is -0.460. The predicted molar refractivity (Wildman–Crippen MR) is 67.3 cm³/mol. The highest BCUT2D eigenvalue weighted by atomic mass is 32.2. The number of carbonyl (C=O) groups excluding carboxylic acids is 1. The lowest BCUT2D eigenvalue weighted by Gasteiger charge is -2.30. The maximum Gasteiger partial charge on any atom is 0.211 e. The molecule has 0 spiro atoms. The summed E-state index contributed by atoms with van der Waals surface area (Å²) in [5.74, 6) is 0.419. The van der Waals surface area contributed by atoms with Gasteiger partial charge in [0.1, 0.15) is 5.78 Å². The highest BCUT2D eigenvalue weighted by Gasteiger charge is 2.26. The molecule has 1 N–H and O–H groups in total. The van der Waals surface area contributed by atoms with Crippen molar-refractivity contribution in [3.05, 3.63) is 0 Å². The van der Waals surface area contributed by atoms with E-state index < -0.39 is 10.0 Å². The highest BCUT2D eigenvalue weighted by Crippen LogP contribution is 2.21. The van der Waals surface area contributed by atoms with Crippen molar-refractivity contribution in [1.29, 1.82) is 0 Å². The molecule has 0 aliphatic carbocycles. The second kappa shape index (κ2) is 6.47. The number of sulfonamides is 1. The van der Waals surface area contributed by atoms with Crippen molar-refractivity contribution < 1.29 is 13.2 Å². The molecule has 0 saturated carbocycles. The van der Waals surface area contributed by atoms with Gasteiger partial charge in [-0.3, -0.25) is 4.79 Å². The number of hydrogen-bond acceptors (Lipinski definition) is 4. The molecular weight excluding hydrogens is 240 g/mol. The van der Waals surface area contributed by atoms with Crippen LogP contribution in [0.5, 0.6) is 0 Å². The van der Waals surface area contributed by atoms with Crippen molar-refractivity contribution in [2.75, 3.05) is 32.9 Å². The quantitative estimate of drug-likeness (QED) is 0.744. The van der Waals surface area contributed by atoms with E-state index in [4.69, 9.17) is 0 Å². The fourth-order valence-electron chi connectivity index (χ4n) is 2.18. The number of ketones is 1. The van der Waals surface area contributed by atoms with E-state index in [0.29, 0.717) is 32.5 Å². The Kier molecular flexibility index (Phi) is 5.55. The van der Waals surface area contributed by atoms with Crippen LogP contribution >= 0.6 is 0 Å². The normalized spacial score (nSPS) is 22.6. The van der Waals surface area contributed by atoms with Gasteiger partial charge in [0.15, 0.2) is 0 Å². The van der Waals surface area contributed by atoms with Crippen LogP contribution < -0.4 is 5.32 Å². The molecule has 0 bridgehead atoms.